The topological polar surface area (TPSA) is 101 Å². The Balaban J connectivity index is 0.00000506. The highest BCUT2D eigenvalue weighted by Crippen LogP contribution is 2.42. The second-order valence-corrected chi connectivity index (χ2v) is 11.7. The predicted octanol–water partition coefficient (Wildman–Crippen LogP) is 6.06. The number of amidine groups is 1. The first-order valence-electron chi connectivity index (χ1n) is 14.5. The van der Waals surface area contributed by atoms with Gasteiger partial charge in [0, 0.05) is 37.2 Å². The average molecular weight is 665 g/mol. The molecule has 43 heavy (non-hydrogen) atoms. The van der Waals surface area contributed by atoms with Crippen molar-refractivity contribution in [1.29, 1.82) is 5.41 Å². The van der Waals surface area contributed by atoms with Gasteiger partial charge in [0.15, 0.2) is 23.1 Å². The van der Waals surface area contributed by atoms with Crippen LogP contribution in [0.1, 0.15) is 80.4 Å². The van der Waals surface area contributed by atoms with E-state index in [1.807, 2.05) is 12.1 Å². The second-order valence-electron chi connectivity index (χ2n) is 11.7. The van der Waals surface area contributed by atoms with Crippen LogP contribution in [0.15, 0.2) is 18.2 Å². The summed E-state index contributed by atoms with van der Waals surface area (Å²) in [7, 11) is 2.79. The van der Waals surface area contributed by atoms with Gasteiger partial charge >= 0.3 is 5.97 Å². The summed E-state index contributed by atoms with van der Waals surface area (Å²) in [6.07, 6.45) is 2.89. The third-order valence-corrected chi connectivity index (χ3v) is 7.66. The summed E-state index contributed by atoms with van der Waals surface area (Å²) in [5.41, 5.74) is 2.63. The number of ketones is 1. The molecule has 0 saturated carbocycles. The van der Waals surface area contributed by atoms with Gasteiger partial charge in [-0.3, -0.25) is 15.0 Å². The Hall–Kier alpha value is -3.34. The maximum absolute atomic E-state index is 15.3. The van der Waals surface area contributed by atoms with E-state index >= 15 is 4.39 Å². The molecule has 11 heteroatoms. The van der Waals surface area contributed by atoms with E-state index in [9.17, 15) is 9.59 Å². The number of carbonyl (C=O) groups is 2. The number of esters is 1. The number of ether oxygens (including phenoxy) is 4. The van der Waals surface area contributed by atoms with Crippen molar-refractivity contribution in [2.75, 3.05) is 52.0 Å². The quantitative estimate of drug-likeness (QED) is 0.166. The minimum absolute atomic E-state index is 0. The lowest BCUT2D eigenvalue weighted by Gasteiger charge is -2.30. The van der Waals surface area contributed by atoms with E-state index in [1.54, 1.807) is 17.9 Å². The SMILES string of the molecule is Br.CCOC(=O)CCCOc1c(N2CCCC2)cc(C(=O)CN2Cc3cc(OC)c(OC)c(F)c3C2=N)cc1C(C)(C)C. The van der Waals surface area contributed by atoms with Crippen molar-refractivity contribution in [3.63, 3.8) is 0 Å². The van der Waals surface area contributed by atoms with Gasteiger partial charge in [-0.05, 0) is 55.4 Å². The van der Waals surface area contributed by atoms with Crippen molar-refractivity contribution >= 4 is 40.3 Å². The number of methoxy groups -OCH3 is 2. The van der Waals surface area contributed by atoms with Crippen LogP contribution in [-0.4, -0.2) is 69.6 Å². The molecule has 1 fully saturated rings. The molecular weight excluding hydrogens is 621 g/mol. The number of rotatable bonds is 12. The number of carbonyl (C=O) groups excluding carboxylic acids is 2. The highest BCUT2D eigenvalue weighted by molar-refractivity contribution is 8.93. The van der Waals surface area contributed by atoms with Crippen molar-refractivity contribution in [1.82, 2.24) is 4.90 Å². The lowest BCUT2D eigenvalue weighted by molar-refractivity contribution is -0.143. The van der Waals surface area contributed by atoms with Gasteiger partial charge in [-0.2, -0.15) is 0 Å². The molecule has 1 N–H and O–H groups in total. The fourth-order valence-electron chi connectivity index (χ4n) is 5.52. The number of hydrogen-bond donors (Lipinski definition) is 1. The van der Waals surface area contributed by atoms with E-state index in [0.717, 1.165) is 42.9 Å². The molecule has 0 aliphatic carbocycles. The zero-order valence-corrected chi connectivity index (χ0v) is 27.6. The van der Waals surface area contributed by atoms with Crippen LogP contribution < -0.4 is 19.1 Å². The van der Waals surface area contributed by atoms with Gasteiger partial charge in [-0.15, -0.1) is 17.0 Å². The Morgan fingerprint density at radius 2 is 1.74 bits per heavy atom. The van der Waals surface area contributed by atoms with Gasteiger partial charge in [0.1, 0.15) is 11.6 Å². The average Bonchev–Trinajstić information content (AvgIpc) is 3.58. The molecule has 2 aromatic carbocycles. The van der Waals surface area contributed by atoms with E-state index in [4.69, 9.17) is 24.4 Å². The van der Waals surface area contributed by atoms with Gasteiger partial charge in [0.05, 0.1) is 45.2 Å². The molecule has 0 amide bonds. The molecule has 236 valence electrons. The summed E-state index contributed by atoms with van der Waals surface area (Å²) in [5, 5.41) is 8.66. The Morgan fingerprint density at radius 3 is 2.35 bits per heavy atom. The first-order valence-corrected chi connectivity index (χ1v) is 14.5. The summed E-state index contributed by atoms with van der Waals surface area (Å²) in [6, 6.07) is 5.42. The summed E-state index contributed by atoms with van der Waals surface area (Å²) in [5.74, 6) is -0.227. The first kappa shape index (κ1) is 34.2. The van der Waals surface area contributed by atoms with E-state index in [-0.39, 0.29) is 76.6 Å². The summed E-state index contributed by atoms with van der Waals surface area (Å²) >= 11 is 0. The molecule has 1 saturated heterocycles. The Morgan fingerprint density at radius 1 is 1.05 bits per heavy atom. The molecule has 0 aromatic heterocycles. The minimum atomic E-state index is -0.664. The molecule has 0 radical (unpaired) electrons. The fourth-order valence-corrected chi connectivity index (χ4v) is 5.52. The normalized spacial score (nSPS) is 14.3. The zero-order chi connectivity index (χ0) is 30.6. The minimum Gasteiger partial charge on any atom is -0.493 e. The molecule has 0 spiro atoms. The number of nitrogens with one attached hydrogen (secondary N) is 1. The molecule has 2 heterocycles. The number of fused-ring (bicyclic) bond motifs is 1. The van der Waals surface area contributed by atoms with Gasteiger partial charge in [-0.25, -0.2) is 4.39 Å². The van der Waals surface area contributed by atoms with Crippen molar-refractivity contribution in [2.45, 2.75) is 65.3 Å². The number of anilines is 1. The van der Waals surface area contributed by atoms with Crippen LogP contribution >= 0.6 is 17.0 Å². The van der Waals surface area contributed by atoms with Crippen LogP contribution in [0.5, 0.6) is 17.2 Å². The van der Waals surface area contributed by atoms with E-state index in [1.165, 1.54) is 14.2 Å². The maximum atomic E-state index is 15.3. The standard InChI is InChI=1S/C32H42FN3O6.BrH/c1-7-41-26(38)11-10-14-42-29-22(32(2,3)4)15-20(16-23(29)35-12-8-9-13-35)24(37)19-36-18-21-17-25(39-5)30(40-6)28(33)27(21)31(36)34;/h15-17,34H,7-14,18-19H2,1-6H3;1H. The molecule has 4 rings (SSSR count). The smallest absolute Gasteiger partial charge is 0.305 e. The third-order valence-electron chi connectivity index (χ3n) is 7.66. The number of halogens is 2. The van der Waals surface area contributed by atoms with E-state index in [2.05, 4.69) is 25.7 Å². The number of hydrogen-bond acceptors (Lipinski definition) is 8. The van der Waals surface area contributed by atoms with E-state index < -0.39 is 5.82 Å². The Labute approximate surface area is 263 Å². The largest absolute Gasteiger partial charge is 0.493 e. The summed E-state index contributed by atoms with van der Waals surface area (Å²) in [4.78, 5) is 29.4. The molecule has 0 unspecified atom stereocenters. The highest BCUT2D eigenvalue weighted by atomic mass is 79.9. The van der Waals surface area contributed by atoms with E-state index in [0.29, 0.717) is 30.8 Å². The van der Waals surface area contributed by atoms with Crippen molar-refractivity contribution in [2.24, 2.45) is 0 Å². The van der Waals surface area contributed by atoms with Gasteiger partial charge in [-0.1, -0.05) is 20.8 Å². The second kappa shape index (κ2) is 14.4. The van der Waals surface area contributed by atoms with Crippen molar-refractivity contribution in [3.05, 3.63) is 46.3 Å². The molecule has 0 bridgehead atoms. The number of Topliss-reactive ketones (excluding diaryl/α,β-unsaturated/α-hetero) is 1. The molecule has 0 atom stereocenters. The molecular formula is C32H43BrFN3O6. The number of benzene rings is 2. The van der Waals surface area contributed by atoms with Crippen molar-refractivity contribution < 1.29 is 32.9 Å². The van der Waals surface area contributed by atoms with Crippen LogP contribution in [0.3, 0.4) is 0 Å². The molecule has 2 aliphatic heterocycles. The Kier molecular flexibility index (Phi) is 11.5. The summed E-state index contributed by atoms with van der Waals surface area (Å²) in [6.45, 7) is 10.5. The maximum Gasteiger partial charge on any atom is 0.305 e. The zero-order valence-electron chi connectivity index (χ0n) is 25.9. The third kappa shape index (κ3) is 7.42. The van der Waals surface area contributed by atoms with Gasteiger partial charge < -0.3 is 28.7 Å². The first-order chi connectivity index (χ1) is 20.0. The van der Waals surface area contributed by atoms with Crippen LogP contribution in [-0.2, 0) is 21.5 Å². The van der Waals surface area contributed by atoms with Gasteiger partial charge in [0.2, 0.25) is 0 Å². The monoisotopic (exact) mass is 663 g/mol. The van der Waals surface area contributed by atoms with Gasteiger partial charge in [0.25, 0.3) is 0 Å². The molecule has 2 aromatic rings. The fraction of sp³-hybridized carbons (Fsp3) is 0.531. The number of nitrogens with zero attached hydrogens (tertiary/aromatic N) is 2. The van der Waals surface area contributed by atoms with Crippen LogP contribution in [0.2, 0.25) is 0 Å². The van der Waals surface area contributed by atoms with Crippen LogP contribution in [0, 0.1) is 11.2 Å². The highest BCUT2D eigenvalue weighted by Gasteiger charge is 2.34. The Bertz CT molecular complexity index is 1350. The lowest BCUT2D eigenvalue weighted by atomic mass is 9.84. The summed E-state index contributed by atoms with van der Waals surface area (Å²) < 4.78 is 37.1. The molecule has 2 aliphatic rings. The predicted molar refractivity (Wildman–Crippen MR) is 169 cm³/mol. The molecule has 9 nitrogen and oxygen atoms in total. The lowest BCUT2D eigenvalue weighted by Crippen LogP contribution is -2.31. The van der Waals surface area contributed by atoms with Crippen LogP contribution in [0.4, 0.5) is 10.1 Å². The van der Waals surface area contributed by atoms with Crippen LogP contribution in [0.25, 0.3) is 0 Å². The van der Waals surface area contributed by atoms with Crippen molar-refractivity contribution in [3.8, 4) is 17.2 Å².